The Morgan fingerprint density at radius 1 is 1.23 bits per heavy atom. The van der Waals surface area contributed by atoms with Gasteiger partial charge in [0, 0.05) is 10.8 Å². The van der Waals surface area contributed by atoms with E-state index in [0.29, 0.717) is 6.02 Å². The summed E-state index contributed by atoms with van der Waals surface area (Å²) in [6.07, 6.45) is 0. The van der Waals surface area contributed by atoms with E-state index in [-0.39, 0.29) is 4.76 Å². The zero-order valence-electron chi connectivity index (χ0n) is 12.6. The molecular formula is C11H17BF4N5O+. The van der Waals surface area contributed by atoms with Gasteiger partial charge in [0.2, 0.25) is 5.69 Å². The first-order valence-corrected chi connectivity index (χ1v) is 6.25. The van der Waals surface area contributed by atoms with Crippen molar-refractivity contribution in [3.8, 4) is 0 Å². The van der Waals surface area contributed by atoms with Crippen LogP contribution in [0.2, 0.25) is 0 Å². The highest BCUT2D eigenvalue weighted by atomic mass is 19.5. The molecule has 0 saturated heterocycles. The van der Waals surface area contributed by atoms with Gasteiger partial charge < -0.3 is 17.3 Å². The normalized spacial score (nSPS) is 18.9. The molecule has 0 aromatic heterocycles. The quantitative estimate of drug-likeness (QED) is 0.216. The van der Waals surface area contributed by atoms with Crippen LogP contribution in [-0.2, 0) is 4.84 Å². The predicted molar refractivity (Wildman–Crippen MR) is 76.1 cm³/mol. The van der Waals surface area contributed by atoms with Crippen LogP contribution in [-0.4, -0.2) is 46.0 Å². The Bertz CT molecular complexity index is 582. The standard InChI is InChI=1S/C11H16N5O.BF4/c1-12-11(15(2)3)17-16(4)10-8-6-5-7-9(10)13-14-16;2-1(3,4)5/h5-8H,1-4H3;/q+1;-1/p+1. The summed E-state index contributed by atoms with van der Waals surface area (Å²) in [6.45, 7) is 0. The summed E-state index contributed by atoms with van der Waals surface area (Å²) in [5, 5.41) is 11.3. The summed E-state index contributed by atoms with van der Waals surface area (Å²) >= 11 is 0. The first kappa shape index (κ1) is 17.9. The van der Waals surface area contributed by atoms with Gasteiger partial charge in [-0.15, -0.1) is 0 Å². The Morgan fingerprint density at radius 2 is 1.77 bits per heavy atom. The van der Waals surface area contributed by atoms with Crippen molar-refractivity contribution in [2.24, 2.45) is 10.3 Å². The average molecular weight is 322 g/mol. The van der Waals surface area contributed by atoms with Crippen molar-refractivity contribution in [1.82, 2.24) is 10.1 Å². The van der Waals surface area contributed by atoms with Gasteiger partial charge in [-0.2, -0.15) is 4.84 Å². The van der Waals surface area contributed by atoms with E-state index in [2.05, 4.69) is 15.7 Å². The summed E-state index contributed by atoms with van der Waals surface area (Å²) in [6, 6.07) is 8.38. The molecule has 1 N–H and O–H groups in total. The Balaban J connectivity index is 0.000000422. The summed E-state index contributed by atoms with van der Waals surface area (Å²) in [4.78, 5) is 5.84. The Labute approximate surface area is 125 Å². The summed E-state index contributed by atoms with van der Waals surface area (Å²) < 4.78 is 40.8. The SMILES string of the molecule is CNC(O[N+]1(C)N=Nc2ccccc21)=[N+](C)C.F[B-](F)(F)F. The van der Waals surface area contributed by atoms with E-state index in [4.69, 9.17) is 4.84 Å². The number of hydrogen-bond acceptors (Lipinski definition) is 3. The van der Waals surface area contributed by atoms with Crippen LogP contribution in [0.4, 0.5) is 28.6 Å². The lowest BCUT2D eigenvalue weighted by molar-refractivity contribution is -0.481. The fourth-order valence-corrected chi connectivity index (χ4v) is 1.67. The first-order valence-electron chi connectivity index (χ1n) is 6.25. The van der Waals surface area contributed by atoms with Crippen LogP contribution in [0.25, 0.3) is 0 Å². The Morgan fingerprint density at radius 3 is 2.27 bits per heavy atom. The molecule has 6 nitrogen and oxygen atoms in total. The first-order chi connectivity index (χ1) is 10.1. The molecule has 0 saturated carbocycles. The molecule has 0 spiro atoms. The number of rotatable bonds is 1. The summed E-state index contributed by atoms with van der Waals surface area (Å²) in [7, 11) is 1.45. The van der Waals surface area contributed by atoms with Gasteiger partial charge in [-0.25, -0.2) is 9.89 Å². The molecule has 0 aliphatic carbocycles. The number of nitrogens with zero attached hydrogens (tertiary/aromatic N) is 4. The molecule has 11 heteroatoms. The highest BCUT2D eigenvalue weighted by Crippen LogP contribution is 2.39. The van der Waals surface area contributed by atoms with E-state index in [1.165, 1.54) is 0 Å². The van der Waals surface area contributed by atoms with Crippen molar-refractivity contribution in [2.75, 3.05) is 28.2 Å². The monoisotopic (exact) mass is 322 g/mol. The molecule has 1 aromatic rings. The third kappa shape index (κ3) is 4.99. The number of hydrogen-bond donors (Lipinski definition) is 1. The summed E-state index contributed by atoms with van der Waals surface area (Å²) in [5.74, 6) is 0. The van der Waals surface area contributed by atoms with Crippen LogP contribution in [0.5, 0.6) is 0 Å². The largest absolute Gasteiger partial charge is 0.673 e. The highest BCUT2D eigenvalue weighted by molar-refractivity contribution is 6.50. The van der Waals surface area contributed by atoms with Crippen molar-refractivity contribution >= 4 is 24.7 Å². The van der Waals surface area contributed by atoms with Crippen molar-refractivity contribution < 1.29 is 26.7 Å². The second-order valence-electron chi connectivity index (χ2n) is 4.59. The van der Waals surface area contributed by atoms with Gasteiger partial charge in [0.25, 0.3) is 0 Å². The van der Waals surface area contributed by atoms with Gasteiger partial charge in [-0.1, -0.05) is 17.2 Å². The van der Waals surface area contributed by atoms with Crippen LogP contribution in [0.15, 0.2) is 34.6 Å². The van der Waals surface area contributed by atoms with Crippen molar-refractivity contribution in [3.63, 3.8) is 0 Å². The Hall–Kier alpha value is -2.17. The van der Waals surface area contributed by atoms with E-state index in [1.54, 1.807) is 7.05 Å². The minimum Gasteiger partial charge on any atom is -0.418 e. The van der Waals surface area contributed by atoms with Gasteiger partial charge >= 0.3 is 13.3 Å². The smallest absolute Gasteiger partial charge is 0.418 e. The molecule has 22 heavy (non-hydrogen) atoms. The fourth-order valence-electron chi connectivity index (χ4n) is 1.67. The minimum atomic E-state index is -6.00. The number of para-hydroxylation sites is 1. The molecule has 0 fully saturated rings. The zero-order chi connectivity index (χ0) is 17.0. The molecule has 1 atom stereocenters. The van der Waals surface area contributed by atoms with Crippen LogP contribution in [0.3, 0.4) is 0 Å². The lowest BCUT2D eigenvalue weighted by atomic mass is 10.3. The molecule has 0 radical (unpaired) electrons. The zero-order valence-corrected chi connectivity index (χ0v) is 12.6. The van der Waals surface area contributed by atoms with E-state index in [0.717, 1.165) is 11.4 Å². The average Bonchev–Trinajstić information content (AvgIpc) is 2.73. The molecule has 1 aliphatic rings. The number of fused-ring (bicyclic) bond motifs is 1. The lowest BCUT2D eigenvalue weighted by Gasteiger charge is -2.18. The maximum absolute atomic E-state index is 9.75. The maximum atomic E-state index is 9.75. The molecule has 122 valence electrons. The van der Waals surface area contributed by atoms with Gasteiger partial charge in [-0.3, -0.25) is 0 Å². The van der Waals surface area contributed by atoms with Gasteiger partial charge in [0.1, 0.15) is 7.05 Å². The highest BCUT2D eigenvalue weighted by Gasteiger charge is 2.40. The van der Waals surface area contributed by atoms with Crippen LogP contribution < -0.4 is 10.1 Å². The third-order valence-corrected chi connectivity index (χ3v) is 2.54. The number of halogens is 4. The number of quaternary nitrogens is 1. The van der Waals surface area contributed by atoms with E-state index < -0.39 is 7.25 Å². The van der Waals surface area contributed by atoms with Crippen LogP contribution in [0, 0.1) is 0 Å². The van der Waals surface area contributed by atoms with E-state index >= 15 is 0 Å². The molecular weight excluding hydrogens is 305 g/mol. The topological polar surface area (TPSA) is 49.0 Å². The molecule has 1 aromatic carbocycles. The molecule has 1 unspecified atom stereocenters. The third-order valence-electron chi connectivity index (χ3n) is 2.54. The molecule has 0 amide bonds. The lowest BCUT2D eigenvalue weighted by Crippen LogP contribution is -2.45. The van der Waals surface area contributed by atoms with Crippen molar-refractivity contribution in [2.45, 2.75) is 0 Å². The molecule has 2 rings (SSSR count). The van der Waals surface area contributed by atoms with Gasteiger partial charge in [0.05, 0.1) is 26.4 Å². The molecule has 1 aliphatic heterocycles. The van der Waals surface area contributed by atoms with Crippen molar-refractivity contribution in [3.05, 3.63) is 24.3 Å². The van der Waals surface area contributed by atoms with Gasteiger partial charge in [-0.05, 0) is 6.07 Å². The van der Waals surface area contributed by atoms with Crippen LogP contribution in [0.1, 0.15) is 0 Å². The maximum Gasteiger partial charge on any atom is 0.673 e. The number of benzene rings is 1. The minimum absolute atomic E-state index is 0.0372. The second kappa shape index (κ2) is 6.73. The number of hydroxylamine groups is 1. The molecule has 0 bridgehead atoms. The second-order valence-corrected chi connectivity index (χ2v) is 4.59. The van der Waals surface area contributed by atoms with Crippen LogP contribution >= 0.6 is 0 Å². The van der Waals surface area contributed by atoms with E-state index in [1.807, 2.05) is 50.0 Å². The summed E-state index contributed by atoms with van der Waals surface area (Å²) in [5.41, 5.74) is 1.76. The van der Waals surface area contributed by atoms with Gasteiger partial charge in [0.15, 0.2) is 5.69 Å². The Kier molecular flexibility index (Phi) is 5.47. The molecule has 1 heterocycles. The fraction of sp³-hybridized carbons (Fsp3) is 0.364. The van der Waals surface area contributed by atoms with Crippen molar-refractivity contribution in [1.29, 1.82) is 0 Å². The number of amidine groups is 1. The number of nitrogens with one attached hydrogen (secondary N) is 1. The predicted octanol–water partition coefficient (Wildman–Crippen LogP) is 2.72. The van der Waals surface area contributed by atoms with E-state index in [9.17, 15) is 17.3 Å².